The first-order valence-electron chi connectivity index (χ1n) is 6.71. The lowest BCUT2D eigenvalue weighted by Gasteiger charge is -2.29. The van der Waals surface area contributed by atoms with Crippen LogP contribution in [0.15, 0.2) is 0 Å². The number of carbonyl (C=O) groups is 2. The van der Waals surface area contributed by atoms with E-state index in [0.29, 0.717) is 18.0 Å². The summed E-state index contributed by atoms with van der Waals surface area (Å²) < 4.78 is 0. The van der Waals surface area contributed by atoms with Gasteiger partial charge in [-0.05, 0) is 26.7 Å². The van der Waals surface area contributed by atoms with Gasteiger partial charge in [-0.1, -0.05) is 12.8 Å². The standard InChI is InChI=1S/C13H19N3O3S/c1-7-8(2)20-13(14-7)16-12(19)15-10-6-4-3-5-9(10)11(17)18/h9-10H,3-6H2,1-2H3,(H,17,18)(H2,14,15,16,19). The number of carboxylic acid groups (broad SMARTS) is 1. The van der Waals surface area contributed by atoms with Gasteiger partial charge in [0.25, 0.3) is 0 Å². The summed E-state index contributed by atoms with van der Waals surface area (Å²) in [4.78, 5) is 28.4. The maximum Gasteiger partial charge on any atom is 0.321 e. The van der Waals surface area contributed by atoms with Crippen LogP contribution in [0, 0.1) is 19.8 Å². The molecule has 1 aromatic heterocycles. The van der Waals surface area contributed by atoms with Crippen LogP contribution in [-0.4, -0.2) is 28.1 Å². The van der Waals surface area contributed by atoms with E-state index in [1.54, 1.807) is 0 Å². The van der Waals surface area contributed by atoms with Crippen molar-refractivity contribution in [1.29, 1.82) is 0 Å². The fraction of sp³-hybridized carbons (Fsp3) is 0.615. The summed E-state index contributed by atoms with van der Waals surface area (Å²) >= 11 is 1.41. The van der Waals surface area contributed by atoms with Crippen molar-refractivity contribution in [3.8, 4) is 0 Å². The molecule has 7 heteroatoms. The second-order valence-electron chi connectivity index (χ2n) is 5.09. The van der Waals surface area contributed by atoms with Crippen molar-refractivity contribution >= 4 is 28.5 Å². The Hall–Kier alpha value is -1.63. The smallest absolute Gasteiger partial charge is 0.321 e. The Balaban J connectivity index is 1.94. The van der Waals surface area contributed by atoms with E-state index in [-0.39, 0.29) is 12.1 Å². The highest BCUT2D eigenvalue weighted by molar-refractivity contribution is 7.15. The Kier molecular flexibility index (Phi) is 4.59. The van der Waals surface area contributed by atoms with Crippen LogP contribution in [0.2, 0.25) is 0 Å². The average Bonchev–Trinajstić information content (AvgIpc) is 2.68. The highest BCUT2D eigenvalue weighted by Gasteiger charge is 2.31. The van der Waals surface area contributed by atoms with Gasteiger partial charge >= 0.3 is 12.0 Å². The number of anilines is 1. The Labute approximate surface area is 121 Å². The van der Waals surface area contributed by atoms with Gasteiger partial charge in [-0.2, -0.15) is 0 Å². The molecule has 1 aromatic rings. The molecular weight excluding hydrogens is 278 g/mol. The number of aromatic nitrogens is 1. The van der Waals surface area contributed by atoms with Gasteiger partial charge in [-0.15, -0.1) is 11.3 Å². The third-order valence-corrected chi connectivity index (χ3v) is 4.64. The summed E-state index contributed by atoms with van der Waals surface area (Å²) in [6, 6.07) is -0.680. The minimum atomic E-state index is -0.837. The molecule has 0 spiro atoms. The summed E-state index contributed by atoms with van der Waals surface area (Å²) in [7, 11) is 0. The summed E-state index contributed by atoms with van der Waals surface area (Å²) in [5, 5.41) is 15.1. The zero-order valence-corrected chi connectivity index (χ0v) is 12.4. The number of nitrogens with one attached hydrogen (secondary N) is 2. The summed E-state index contributed by atoms with van der Waals surface area (Å²) in [5.74, 6) is -1.33. The van der Waals surface area contributed by atoms with Crippen molar-refractivity contribution in [3.05, 3.63) is 10.6 Å². The third-order valence-electron chi connectivity index (χ3n) is 3.65. The molecule has 1 fully saturated rings. The lowest BCUT2D eigenvalue weighted by molar-refractivity contribution is -0.143. The van der Waals surface area contributed by atoms with E-state index < -0.39 is 11.9 Å². The van der Waals surface area contributed by atoms with Gasteiger partial charge in [0.15, 0.2) is 5.13 Å². The van der Waals surface area contributed by atoms with Gasteiger partial charge in [-0.25, -0.2) is 9.78 Å². The number of amides is 2. The number of hydrogen-bond acceptors (Lipinski definition) is 4. The number of thiazole rings is 1. The van der Waals surface area contributed by atoms with Crippen molar-refractivity contribution in [2.24, 2.45) is 5.92 Å². The van der Waals surface area contributed by atoms with Crippen molar-refractivity contribution in [3.63, 3.8) is 0 Å². The Morgan fingerprint density at radius 1 is 1.30 bits per heavy atom. The maximum absolute atomic E-state index is 11.9. The first kappa shape index (κ1) is 14.8. The molecule has 2 amide bonds. The average molecular weight is 297 g/mol. The topological polar surface area (TPSA) is 91.3 Å². The first-order valence-corrected chi connectivity index (χ1v) is 7.53. The lowest BCUT2D eigenvalue weighted by atomic mass is 9.84. The van der Waals surface area contributed by atoms with Crippen LogP contribution in [0.25, 0.3) is 0 Å². The summed E-state index contributed by atoms with van der Waals surface area (Å²) in [6.45, 7) is 3.83. The molecule has 1 aliphatic rings. The van der Waals surface area contributed by atoms with Crippen LogP contribution < -0.4 is 10.6 Å². The fourth-order valence-corrected chi connectivity index (χ4v) is 3.24. The molecule has 0 aliphatic heterocycles. The second kappa shape index (κ2) is 6.21. The van der Waals surface area contributed by atoms with E-state index in [1.165, 1.54) is 11.3 Å². The Morgan fingerprint density at radius 3 is 2.60 bits per heavy atom. The number of aliphatic carboxylic acids is 1. The second-order valence-corrected chi connectivity index (χ2v) is 6.30. The fourth-order valence-electron chi connectivity index (χ4n) is 2.43. The lowest BCUT2D eigenvalue weighted by Crippen LogP contribution is -2.46. The zero-order chi connectivity index (χ0) is 14.7. The molecule has 1 aliphatic carbocycles. The molecule has 0 radical (unpaired) electrons. The van der Waals surface area contributed by atoms with E-state index in [4.69, 9.17) is 5.11 Å². The molecule has 1 heterocycles. The molecule has 0 bridgehead atoms. The monoisotopic (exact) mass is 297 g/mol. The van der Waals surface area contributed by atoms with E-state index in [1.807, 2.05) is 13.8 Å². The van der Waals surface area contributed by atoms with Gasteiger partial charge in [0, 0.05) is 10.9 Å². The molecule has 2 atom stereocenters. The first-order chi connectivity index (χ1) is 9.47. The molecule has 3 N–H and O–H groups in total. The highest BCUT2D eigenvalue weighted by atomic mass is 32.1. The van der Waals surface area contributed by atoms with E-state index in [2.05, 4.69) is 15.6 Å². The van der Waals surface area contributed by atoms with Gasteiger partial charge < -0.3 is 10.4 Å². The number of carbonyl (C=O) groups excluding carboxylic acids is 1. The molecular formula is C13H19N3O3S. The minimum absolute atomic E-state index is 0.302. The molecule has 0 aromatic carbocycles. The zero-order valence-electron chi connectivity index (χ0n) is 11.6. The predicted molar refractivity (Wildman–Crippen MR) is 77.1 cm³/mol. The largest absolute Gasteiger partial charge is 0.481 e. The maximum atomic E-state index is 11.9. The summed E-state index contributed by atoms with van der Waals surface area (Å²) in [6.07, 6.45) is 3.18. The Bertz CT molecular complexity index is 495. The molecule has 2 unspecified atom stereocenters. The van der Waals surface area contributed by atoms with Gasteiger partial charge in [0.1, 0.15) is 0 Å². The highest BCUT2D eigenvalue weighted by Crippen LogP contribution is 2.25. The van der Waals surface area contributed by atoms with Crippen LogP contribution in [0.1, 0.15) is 36.3 Å². The third kappa shape index (κ3) is 3.47. The molecule has 6 nitrogen and oxygen atoms in total. The van der Waals surface area contributed by atoms with Crippen LogP contribution in [-0.2, 0) is 4.79 Å². The van der Waals surface area contributed by atoms with Crippen molar-refractivity contribution < 1.29 is 14.7 Å². The van der Waals surface area contributed by atoms with Gasteiger partial charge in [0.05, 0.1) is 11.6 Å². The molecule has 110 valence electrons. The molecule has 0 saturated heterocycles. The quantitative estimate of drug-likeness (QED) is 0.799. The van der Waals surface area contributed by atoms with E-state index in [9.17, 15) is 9.59 Å². The molecule has 20 heavy (non-hydrogen) atoms. The number of carboxylic acids is 1. The number of aryl methyl sites for hydroxylation is 2. The van der Waals surface area contributed by atoms with Gasteiger partial charge in [0.2, 0.25) is 0 Å². The molecule has 2 rings (SSSR count). The van der Waals surface area contributed by atoms with Crippen LogP contribution >= 0.6 is 11.3 Å². The van der Waals surface area contributed by atoms with Crippen LogP contribution in [0.4, 0.5) is 9.93 Å². The van der Waals surface area contributed by atoms with Crippen molar-refractivity contribution in [2.75, 3.05) is 5.32 Å². The van der Waals surface area contributed by atoms with E-state index >= 15 is 0 Å². The van der Waals surface area contributed by atoms with Gasteiger partial charge in [-0.3, -0.25) is 10.1 Å². The summed E-state index contributed by atoms with van der Waals surface area (Å²) in [5.41, 5.74) is 0.895. The van der Waals surface area contributed by atoms with Crippen LogP contribution in [0.5, 0.6) is 0 Å². The predicted octanol–water partition coefficient (Wildman–Crippen LogP) is 2.52. The normalized spacial score (nSPS) is 22.3. The van der Waals surface area contributed by atoms with Crippen molar-refractivity contribution in [1.82, 2.24) is 10.3 Å². The minimum Gasteiger partial charge on any atom is -0.481 e. The number of hydrogen-bond donors (Lipinski definition) is 3. The van der Waals surface area contributed by atoms with Crippen molar-refractivity contribution in [2.45, 2.75) is 45.6 Å². The number of urea groups is 1. The van der Waals surface area contributed by atoms with E-state index in [0.717, 1.165) is 23.4 Å². The number of rotatable bonds is 3. The Morgan fingerprint density at radius 2 is 2.00 bits per heavy atom. The molecule has 1 saturated carbocycles. The SMILES string of the molecule is Cc1nc(NC(=O)NC2CCCCC2C(=O)O)sc1C. The number of nitrogens with zero attached hydrogens (tertiary/aromatic N) is 1. The van der Waals surface area contributed by atoms with Crippen LogP contribution in [0.3, 0.4) is 0 Å².